The van der Waals surface area contributed by atoms with Crippen LogP contribution in [0.5, 0.6) is 0 Å². The van der Waals surface area contributed by atoms with Crippen LogP contribution in [-0.4, -0.2) is 52.4 Å². The third-order valence-electron chi connectivity index (χ3n) is 3.52. The summed E-state index contributed by atoms with van der Waals surface area (Å²) >= 11 is 3.37. The van der Waals surface area contributed by atoms with E-state index < -0.39 is 15.6 Å². The highest BCUT2D eigenvalue weighted by Gasteiger charge is 2.40. The molecule has 0 radical (unpaired) electrons. The summed E-state index contributed by atoms with van der Waals surface area (Å²) in [6.07, 6.45) is 1.45. The van der Waals surface area contributed by atoms with Crippen LogP contribution >= 0.6 is 15.9 Å². The van der Waals surface area contributed by atoms with Crippen LogP contribution in [0.4, 0.5) is 0 Å². The molecule has 1 unspecified atom stereocenters. The topological polar surface area (TPSA) is 64.4 Å². The van der Waals surface area contributed by atoms with E-state index >= 15 is 0 Å². The molecule has 2 heterocycles. The Bertz CT molecular complexity index is 612. The molecule has 0 aliphatic carbocycles. The number of hydrogen-bond acceptors (Lipinski definition) is 4. The van der Waals surface area contributed by atoms with Crippen molar-refractivity contribution in [1.29, 1.82) is 0 Å². The molecule has 1 atom stereocenters. The predicted octanol–water partition coefficient (Wildman–Crippen LogP) is 1.77. The number of alkyl halides is 1. The summed E-state index contributed by atoms with van der Waals surface area (Å²) in [6, 6.07) is 0. The van der Waals surface area contributed by atoms with Gasteiger partial charge >= 0.3 is 0 Å². The minimum atomic E-state index is -3.59. The number of hydrogen-bond donors (Lipinski definition) is 0. The first-order chi connectivity index (χ1) is 9.69. The molecule has 1 aromatic heterocycles. The maximum Gasteiger partial charge on any atom is 0.262 e. The molecule has 0 amide bonds. The summed E-state index contributed by atoms with van der Waals surface area (Å²) in [5.41, 5.74) is -0.508. The van der Waals surface area contributed by atoms with Gasteiger partial charge in [0.1, 0.15) is 5.82 Å². The van der Waals surface area contributed by atoms with Gasteiger partial charge in [0.2, 0.25) is 0 Å². The Kier molecular flexibility index (Phi) is 4.82. The molecule has 0 saturated carbocycles. The average Bonchev–Trinajstić information content (AvgIpc) is 2.78. The number of morpholine rings is 1. The Morgan fingerprint density at radius 3 is 2.71 bits per heavy atom. The quantitative estimate of drug-likeness (QED) is 0.747. The minimum Gasteiger partial charge on any atom is -0.369 e. The monoisotopic (exact) mass is 379 g/mol. The Hall–Kier alpha value is -0.440. The average molecular weight is 380 g/mol. The van der Waals surface area contributed by atoms with Gasteiger partial charge in [0.25, 0.3) is 10.0 Å². The number of aryl methyl sites for hydroxylation is 2. The fourth-order valence-electron chi connectivity index (χ4n) is 2.56. The Morgan fingerprint density at radius 1 is 1.52 bits per heavy atom. The van der Waals surface area contributed by atoms with Crippen LogP contribution in [0.15, 0.2) is 11.2 Å². The van der Waals surface area contributed by atoms with E-state index in [4.69, 9.17) is 4.74 Å². The van der Waals surface area contributed by atoms with Gasteiger partial charge in [-0.1, -0.05) is 15.9 Å². The number of halogens is 1. The molecule has 1 aromatic rings. The molecule has 1 fully saturated rings. The molecular weight excluding hydrogens is 358 g/mol. The second kappa shape index (κ2) is 5.98. The van der Waals surface area contributed by atoms with Gasteiger partial charge in [-0.25, -0.2) is 13.4 Å². The van der Waals surface area contributed by atoms with Gasteiger partial charge in [-0.05, 0) is 27.7 Å². The van der Waals surface area contributed by atoms with Crippen molar-refractivity contribution in [3.05, 3.63) is 12.0 Å². The zero-order valence-corrected chi connectivity index (χ0v) is 15.2. The van der Waals surface area contributed by atoms with E-state index in [9.17, 15) is 8.42 Å². The van der Waals surface area contributed by atoms with E-state index in [1.54, 1.807) is 6.20 Å². The molecule has 0 N–H and O–H groups in total. The van der Waals surface area contributed by atoms with E-state index in [1.807, 2.05) is 32.3 Å². The van der Waals surface area contributed by atoms with Crippen LogP contribution in [0.3, 0.4) is 0 Å². The van der Waals surface area contributed by atoms with E-state index in [-0.39, 0.29) is 11.1 Å². The van der Waals surface area contributed by atoms with Crippen molar-refractivity contribution in [2.75, 3.05) is 18.4 Å². The highest BCUT2D eigenvalue weighted by atomic mass is 79.9. The standard InChI is InChI=1S/C13H22BrN3O3S/c1-5-16-8-12(15-10(16)2)21(18,19)17-7-11(6-14)20-13(3,4)9-17/h8,11H,5-7,9H2,1-4H3. The van der Waals surface area contributed by atoms with E-state index in [2.05, 4.69) is 20.9 Å². The minimum absolute atomic E-state index is 0.118. The van der Waals surface area contributed by atoms with Gasteiger partial charge in [-0.2, -0.15) is 4.31 Å². The zero-order chi connectivity index (χ0) is 15.8. The number of ether oxygens (including phenoxy) is 1. The second-order valence-electron chi connectivity index (χ2n) is 5.86. The highest BCUT2D eigenvalue weighted by Crippen LogP contribution is 2.27. The first kappa shape index (κ1) is 16.9. The predicted molar refractivity (Wildman–Crippen MR) is 84.1 cm³/mol. The van der Waals surface area contributed by atoms with Gasteiger partial charge in [0.05, 0.1) is 11.7 Å². The lowest BCUT2D eigenvalue weighted by Gasteiger charge is -2.41. The molecule has 6 nitrogen and oxygen atoms in total. The van der Waals surface area contributed by atoms with E-state index in [0.717, 1.165) is 0 Å². The summed E-state index contributed by atoms with van der Waals surface area (Å²) in [5, 5.41) is 0.720. The summed E-state index contributed by atoms with van der Waals surface area (Å²) < 4.78 is 34.8. The number of nitrogens with zero attached hydrogens (tertiary/aromatic N) is 3. The van der Waals surface area contributed by atoms with Gasteiger partial charge in [-0.3, -0.25) is 0 Å². The fraction of sp³-hybridized carbons (Fsp3) is 0.769. The van der Waals surface area contributed by atoms with Crippen molar-refractivity contribution in [3.63, 3.8) is 0 Å². The maximum absolute atomic E-state index is 12.8. The van der Waals surface area contributed by atoms with Crippen molar-refractivity contribution >= 4 is 26.0 Å². The molecular formula is C13H22BrN3O3S. The molecule has 0 bridgehead atoms. The molecule has 120 valence electrons. The summed E-state index contributed by atoms with van der Waals surface area (Å²) in [4.78, 5) is 4.21. The first-order valence-corrected chi connectivity index (χ1v) is 9.53. The Labute approximate surface area is 134 Å². The van der Waals surface area contributed by atoms with Gasteiger partial charge < -0.3 is 9.30 Å². The van der Waals surface area contributed by atoms with Crippen LogP contribution in [0.25, 0.3) is 0 Å². The summed E-state index contributed by atoms with van der Waals surface area (Å²) in [6.45, 7) is 8.95. The smallest absolute Gasteiger partial charge is 0.262 e. The number of sulfonamides is 1. The molecule has 1 saturated heterocycles. The molecule has 1 aliphatic rings. The maximum atomic E-state index is 12.8. The number of rotatable bonds is 4. The van der Waals surface area contributed by atoms with Crippen molar-refractivity contribution in [2.24, 2.45) is 0 Å². The lowest BCUT2D eigenvalue weighted by atomic mass is 10.1. The summed E-state index contributed by atoms with van der Waals surface area (Å²) in [7, 11) is -3.59. The molecule has 1 aliphatic heterocycles. The van der Waals surface area contributed by atoms with Crippen molar-refractivity contribution in [2.45, 2.75) is 51.0 Å². The van der Waals surface area contributed by atoms with Crippen LogP contribution in [0, 0.1) is 6.92 Å². The molecule has 0 aromatic carbocycles. The van der Waals surface area contributed by atoms with E-state index in [1.165, 1.54) is 4.31 Å². The zero-order valence-electron chi connectivity index (χ0n) is 12.8. The Morgan fingerprint density at radius 2 is 2.19 bits per heavy atom. The molecule has 2 rings (SSSR count). The van der Waals surface area contributed by atoms with Gasteiger partial charge in [0.15, 0.2) is 5.03 Å². The normalized spacial score (nSPS) is 23.4. The molecule has 8 heteroatoms. The van der Waals surface area contributed by atoms with Crippen LogP contribution in [-0.2, 0) is 21.3 Å². The lowest BCUT2D eigenvalue weighted by Crippen LogP contribution is -2.55. The van der Waals surface area contributed by atoms with Gasteiger partial charge in [-0.15, -0.1) is 0 Å². The third-order valence-corrected chi connectivity index (χ3v) is 5.93. The van der Waals surface area contributed by atoms with Crippen molar-refractivity contribution in [1.82, 2.24) is 13.9 Å². The van der Waals surface area contributed by atoms with Crippen LogP contribution in [0.2, 0.25) is 0 Å². The second-order valence-corrected chi connectivity index (χ2v) is 8.40. The highest BCUT2D eigenvalue weighted by molar-refractivity contribution is 9.09. The first-order valence-electron chi connectivity index (χ1n) is 6.97. The SMILES string of the molecule is CCn1cc(S(=O)(=O)N2CC(CBr)OC(C)(C)C2)nc1C. The third kappa shape index (κ3) is 3.49. The van der Waals surface area contributed by atoms with Gasteiger partial charge in [0, 0.05) is 31.2 Å². The molecule has 0 spiro atoms. The number of aromatic nitrogens is 2. The van der Waals surface area contributed by atoms with E-state index in [0.29, 0.717) is 30.8 Å². The fourth-order valence-corrected chi connectivity index (χ4v) is 4.51. The summed E-state index contributed by atoms with van der Waals surface area (Å²) in [5.74, 6) is 0.709. The van der Waals surface area contributed by atoms with Crippen molar-refractivity contribution < 1.29 is 13.2 Å². The van der Waals surface area contributed by atoms with Crippen molar-refractivity contribution in [3.8, 4) is 0 Å². The van der Waals surface area contributed by atoms with Crippen LogP contribution in [0.1, 0.15) is 26.6 Å². The number of imidazole rings is 1. The lowest BCUT2D eigenvalue weighted by molar-refractivity contribution is -0.107. The Balaban J connectivity index is 2.33. The largest absolute Gasteiger partial charge is 0.369 e. The molecule has 21 heavy (non-hydrogen) atoms. The van der Waals surface area contributed by atoms with Crippen LogP contribution < -0.4 is 0 Å².